The number of benzene rings is 2. The molecule has 41 heavy (non-hydrogen) atoms. The van der Waals surface area contributed by atoms with Gasteiger partial charge in [-0.3, -0.25) is 4.79 Å². The van der Waals surface area contributed by atoms with E-state index in [2.05, 4.69) is 28.4 Å². The Labute approximate surface area is 241 Å². The summed E-state index contributed by atoms with van der Waals surface area (Å²) >= 11 is 0. The van der Waals surface area contributed by atoms with Gasteiger partial charge >= 0.3 is 0 Å². The van der Waals surface area contributed by atoms with Crippen LogP contribution >= 0.6 is 0 Å². The summed E-state index contributed by atoms with van der Waals surface area (Å²) in [5.74, 6) is -0.438. The fourth-order valence-electron chi connectivity index (χ4n) is 4.32. The van der Waals surface area contributed by atoms with E-state index in [1.165, 1.54) is 25.3 Å². The van der Waals surface area contributed by atoms with Crippen LogP contribution in [0, 0.1) is 0 Å². The van der Waals surface area contributed by atoms with Crippen molar-refractivity contribution in [2.24, 2.45) is 0 Å². The quantitative estimate of drug-likeness (QED) is 0.243. The van der Waals surface area contributed by atoms with E-state index in [0.717, 1.165) is 47.5 Å². The number of amides is 1. The molecule has 1 amide bonds. The summed E-state index contributed by atoms with van der Waals surface area (Å²) in [5.41, 5.74) is 2.71. The van der Waals surface area contributed by atoms with Gasteiger partial charge in [0.05, 0.1) is 16.3 Å². The lowest BCUT2D eigenvalue weighted by molar-refractivity contribution is 0.0960. The predicted molar refractivity (Wildman–Crippen MR) is 160 cm³/mol. The molecule has 1 N–H and O–H groups in total. The molecule has 4 rings (SSSR count). The maximum absolute atomic E-state index is 13.8. The average Bonchev–Trinajstić information content (AvgIpc) is 2.99. The summed E-state index contributed by atoms with van der Waals surface area (Å²) in [6.45, 7) is 7.29. The molecule has 0 saturated carbocycles. The summed E-state index contributed by atoms with van der Waals surface area (Å²) in [5, 5.41) is 2.89. The molecule has 4 bridgehead atoms. The first-order valence-electron chi connectivity index (χ1n) is 13.3. The highest BCUT2D eigenvalue weighted by Gasteiger charge is 2.30. The molecule has 2 heterocycles. The Morgan fingerprint density at radius 2 is 1.85 bits per heavy atom. The van der Waals surface area contributed by atoms with Crippen molar-refractivity contribution in [1.82, 2.24) is 15.3 Å². The highest BCUT2D eigenvalue weighted by atomic mass is 32.2. The number of hydrogen-bond donors (Lipinski definition) is 1. The minimum absolute atomic E-state index is 0.00805. The standard InChI is InChI=1S/C31H34N4O5S/c1-4-6-7-8-9-10-16-25-21-40-29-20-28(27-18-12-11-14-23(27)5-2)33-31(34-29)35(22-39-3)41(37,38)26-17-13-15-24(19-26)30(36)32-25/h4-5,11-20H,1-2,6-10,21-22H2,3H3,(H,32,36)/b25-16+. The molecule has 0 spiro atoms. The summed E-state index contributed by atoms with van der Waals surface area (Å²) in [7, 11) is -2.85. The number of sulfonamides is 1. The lowest BCUT2D eigenvalue weighted by Gasteiger charge is -2.22. The summed E-state index contributed by atoms with van der Waals surface area (Å²) < 4.78 is 40.0. The molecule has 3 aromatic rings. The Hall–Kier alpha value is -4.28. The first kappa shape index (κ1) is 29.7. The second-order valence-corrected chi connectivity index (χ2v) is 11.2. The molecule has 9 nitrogen and oxygen atoms in total. The number of anilines is 1. The van der Waals surface area contributed by atoms with Gasteiger partial charge in [-0.1, -0.05) is 61.6 Å². The van der Waals surface area contributed by atoms with E-state index >= 15 is 0 Å². The topological polar surface area (TPSA) is 111 Å². The number of carbonyl (C=O) groups is 1. The number of nitrogens with zero attached hydrogens (tertiary/aromatic N) is 3. The molecule has 2 aromatic carbocycles. The zero-order chi connectivity index (χ0) is 29.2. The zero-order valence-electron chi connectivity index (χ0n) is 23.1. The van der Waals surface area contributed by atoms with Crippen LogP contribution in [0.2, 0.25) is 0 Å². The molecule has 0 atom stereocenters. The van der Waals surface area contributed by atoms with Crippen LogP contribution in [0.15, 0.2) is 90.5 Å². The Balaban J connectivity index is 1.83. The number of unbranched alkanes of at least 4 members (excludes halogenated alkanes) is 4. The number of allylic oxidation sites excluding steroid dienone is 2. The lowest BCUT2D eigenvalue weighted by atomic mass is 10.0. The van der Waals surface area contributed by atoms with Crippen molar-refractivity contribution >= 4 is 28.0 Å². The van der Waals surface area contributed by atoms with Gasteiger partial charge in [0.15, 0.2) is 0 Å². The van der Waals surface area contributed by atoms with E-state index < -0.39 is 15.9 Å². The third-order valence-corrected chi connectivity index (χ3v) is 8.15. The van der Waals surface area contributed by atoms with E-state index in [1.807, 2.05) is 36.4 Å². The minimum atomic E-state index is -4.23. The van der Waals surface area contributed by atoms with Crippen molar-refractivity contribution in [1.29, 1.82) is 0 Å². The molecule has 214 valence electrons. The van der Waals surface area contributed by atoms with Crippen molar-refractivity contribution < 1.29 is 22.7 Å². The highest BCUT2D eigenvalue weighted by molar-refractivity contribution is 7.92. The van der Waals surface area contributed by atoms with Gasteiger partial charge in [-0.2, -0.15) is 4.98 Å². The number of rotatable bonds is 10. The van der Waals surface area contributed by atoms with Crippen molar-refractivity contribution in [3.8, 4) is 17.1 Å². The molecule has 0 radical (unpaired) electrons. The van der Waals surface area contributed by atoms with E-state index in [9.17, 15) is 13.2 Å². The van der Waals surface area contributed by atoms with Crippen LogP contribution < -0.4 is 14.4 Å². The number of fused-ring (bicyclic) bond motifs is 4. The maximum atomic E-state index is 13.8. The summed E-state index contributed by atoms with van der Waals surface area (Å²) in [6, 6.07) is 14.9. The SMILES string of the molecule is C=CCCCCC/C=C1\COc2cc(-c3ccccc3C=C)nc(n2)N(COC)S(=O)(=O)c2cccc(c2)C(=O)N1. The number of carbonyl (C=O) groups excluding carboxylic acids is 1. The Morgan fingerprint density at radius 1 is 1.05 bits per heavy atom. The zero-order valence-corrected chi connectivity index (χ0v) is 23.9. The van der Waals surface area contributed by atoms with E-state index in [4.69, 9.17) is 9.47 Å². The third-order valence-electron chi connectivity index (χ3n) is 6.45. The second kappa shape index (κ2) is 13.9. The third kappa shape index (κ3) is 7.27. The van der Waals surface area contributed by atoms with Crippen LogP contribution in [-0.4, -0.2) is 44.7 Å². The molecule has 1 aromatic heterocycles. The normalized spacial score (nSPS) is 15.6. The van der Waals surface area contributed by atoms with Crippen LogP contribution in [0.5, 0.6) is 5.88 Å². The number of ether oxygens (including phenoxy) is 2. The number of aromatic nitrogens is 2. The number of nitrogens with one attached hydrogen (secondary N) is 1. The van der Waals surface area contributed by atoms with Gasteiger partial charge in [0.2, 0.25) is 11.8 Å². The molecule has 0 fully saturated rings. The van der Waals surface area contributed by atoms with Gasteiger partial charge in [0, 0.05) is 24.3 Å². The molecule has 0 saturated heterocycles. The van der Waals surface area contributed by atoms with Crippen LogP contribution in [0.4, 0.5) is 5.95 Å². The van der Waals surface area contributed by atoms with Gasteiger partial charge in [-0.25, -0.2) is 17.7 Å². The first-order valence-corrected chi connectivity index (χ1v) is 14.8. The van der Waals surface area contributed by atoms with Gasteiger partial charge in [0.1, 0.15) is 13.3 Å². The van der Waals surface area contributed by atoms with Crippen molar-refractivity contribution in [2.75, 3.05) is 24.8 Å². The van der Waals surface area contributed by atoms with Gasteiger partial charge in [-0.15, -0.1) is 6.58 Å². The summed E-state index contributed by atoms with van der Waals surface area (Å²) in [4.78, 5) is 22.2. The predicted octanol–water partition coefficient (Wildman–Crippen LogP) is 5.73. The Kier molecular flexibility index (Phi) is 10.0. The van der Waals surface area contributed by atoms with Gasteiger partial charge in [-0.05, 0) is 49.4 Å². The molecule has 10 heteroatoms. The average molecular weight is 575 g/mol. The van der Waals surface area contributed by atoms with Crippen LogP contribution in [-0.2, 0) is 14.8 Å². The second-order valence-electron chi connectivity index (χ2n) is 9.38. The van der Waals surface area contributed by atoms with E-state index in [0.29, 0.717) is 11.4 Å². The van der Waals surface area contributed by atoms with Crippen LogP contribution in [0.1, 0.15) is 48.0 Å². The van der Waals surface area contributed by atoms with Crippen molar-refractivity contribution in [3.05, 3.63) is 96.7 Å². The van der Waals surface area contributed by atoms with Crippen LogP contribution in [0.3, 0.4) is 0 Å². The molecular weight excluding hydrogens is 540 g/mol. The first-order chi connectivity index (χ1) is 19.9. The Morgan fingerprint density at radius 3 is 2.63 bits per heavy atom. The molecule has 0 unspecified atom stereocenters. The number of hydrogen-bond acceptors (Lipinski definition) is 7. The van der Waals surface area contributed by atoms with Gasteiger partial charge in [0.25, 0.3) is 15.9 Å². The fraction of sp³-hybridized carbons (Fsp3) is 0.258. The molecule has 1 aliphatic heterocycles. The fourth-order valence-corrected chi connectivity index (χ4v) is 5.64. The molecular formula is C31H34N4O5S. The minimum Gasteiger partial charge on any atom is -0.471 e. The van der Waals surface area contributed by atoms with E-state index in [1.54, 1.807) is 18.2 Å². The largest absolute Gasteiger partial charge is 0.471 e. The lowest BCUT2D eigenvalue weighted by Crippen LogP contribution is -2.34. The summed E-state index contributed by atoms with van der Waals surface area (Å²) in [6.07, 6.45) is 10.2. The van der Waals surface area contributed by atoms with E-state index in [-0.39, 0.29) is 35.6 Å². The number of methoxy groups -OCH3 is 1. The smallest absolute Gasteiger partial charge is 0.268 e. The maximum Gasteiger partial charge on any atom is 0.268 e. The van der Waals surface area contributed by atoms with Crippen molar-refractivity contribution in [3.63, 3.8) is 0 Å². The Bertz CT molecular complexity index is 1550. The van der Waals surface area contributed by atoms with Crippen LogP contribution in [0.25, 0.3) is 17.3 Å². The molecule has 0 aliphatic carbocycles. The van der Waals surface area contributed by atoms with Crippen molar-refractivity contribution in [2.45, 2.75) is 37.0 Å². The van der Waals surface area contributed by atoms with Gasteiger partial charge < -0.3 is 14.8 Å². The highest BCUT2D eigenvalue weighted by Crippen LogP contribution is 2.30. The molecule has 1 aliphatic rings. The monoisotopic (exact) mass is 574 g/mol.